The van der Waals surface area contributed by atoms with Gasteiger partial charge in [0.2, 0.25) is 0 Å². The van der Waals surface area contributed by atoms with Gasteiger partial charge in [-0.15, -0.1) is 0 Å². The molecule has 0 amide bonds. The lowest BCUT2D eigenvalue weighted by Crippen LogP contribution is -2.28. The average molecular weight is 273 g/mol. The molecule has 0 radical (unpaired) electrons. The first kappa shape index (κ1) is 14.7. The third-order valence-corrected chi connectivity index (χ3v) is 3.39. The highest BCUT2D eigenvalue weighted by atomic mass is 32.1. The molecule has 0 saturated heterocycles. The van der Waals surface area contributed by atoms with Crippen molar-refractivity contribution >= 4 is 28.3 Å². The van der Waals surface area contributed by atoms with Gasteiger partial charge in [0.25, 0.3) is 0 Å². The predicted molar refractivity (Wildman–Crippen MR) is 72.2 cm³/mol. The summed E-state index contributed by atoms with van der Waals surface area (Å²) in [5.41, 5.74) is 6.05. The van der Waals surface area contributed by atoms with Gasteiger partial charge < -0.3 is 20.1 Å². The Morgan fingerprint density at radius 3 is 2.78 bits per heavy atom. The van der Waals surface area contributed by atoms with Crippen LogP contribution in [0.25, 0.3) is 0 Å². The second-order valence-electron chi connectivity index (χ2n) is 3.52. The fraction of sp³-hybridized carbons (Fsp3) is 0.636. The Morgan fingerprint density at radius 2 is 2.22 bits per heavy atom. The lowest BCUT2D eigenvalue weighted by Gasteiger charge is -2.21. The van der Waals surface area contributed by atoms with Gasteiger partial charge in [-0.2, -0.15) is 4.37 Å². The molecule has 1 aromatic heterocycles. The Bertz CT molecular complexity index is 395. The molecule has 0 atom stereocenters. The number of carbonyl (C=O) groups is 1. The van der Waals surface area contributed by atoms with E-state index in [4.69, 9.17) is 15.2 Å². The van der Waals surface area contributed by atoms with Crippen LogP contribution in [0.15, 0.2) is 0 Å². The maximum atomic E-state index is 11.7. The van der Waals surface area contributed by atoms with Crippen molar-refractivity contribution in [2.45, 2.75) is 13.8 Å². The fourth-order valence-corrected chi connectivity index (χ4v) is 2.42. The summed E-state index contributed by atoms with van der Waals surface area (Å²) in [5, 5.41) is 0.738. The molecular formula is C11H19N3O3S. The van der Waals surface area contributed by atoms with E-state index >= 15 is 0 Å². The van der Waals surface area contributed by atoms with Crippen molar-refractivity contribution in [2.24, 2.45) is 0 Å². The Balaban J connectivity index is 2.88. The van der Waals surface area contributed by atoms with Crippen molar-refractivity contribution in [1.29, 1.82) is 0 Å². The Morgan fingerprint density at radius 1 is 1.50 bits per heavy atom. The van der Waals surface area contributed by atoms with E-state index in [-0.39, 0.29) is 5.82 Å². The molecule has 1 aromatic rings. The molecule has 6 nitrogen and oxygen atoms in total. The largest absolute Gasteiger partial charge is 0.465 e. The highest BCUT2D eigenvalue weighted by Gasteiger charge is 2.23. The van der Waals surface area contributed by atoms with Crippen LogP contribution in [0.2, 0.25) is 0 Å². The van der Waals surface area contributed by atoms with E-state index in [1.165, 1.54) is 18.6 Å². The first-order valence-electron chi connectivity index (χ1n) is 5.81. The highest BCUT2D eigenvalue weighted by Crippen LogP contribution is 2.30. The van der Waals surface area contributed by atoms with Crippen molar-refractivity contribution in [3.63, 3.8) is 0 Å². The Labute approximate surface area is 111 Å². The molecule has 0 bridgehead atoms. The highest BCUT2D eigenvalue weighted by molar-refractivity contribution is 7.11. The van der Waals surface area contributed by atoms with Gasteiger partial charge in [0.1, 0.15) is 10.6 Å². The number of esters is 1. The minimum Gasteiger partial charge on any atom is -0.465 e. The number of nitrogen functional groups attached to an aromatic ring is 1. The molecule has 0 spiro atoms. The SMILES string of the molecule is CCOCCN(CC)c1snc(N)c1C(=O)OC. The minimum absolute atomic E-state index is 0.219. The third kappa shape index (κ3) is 3.33. The Kier molecular flexibility index (Phi) is 5.87. The van der Waals surface area contributed by atoms with Crippen LogP contribution in [0.5, 0.6) is 0 Å². The monoisotopic (exact) mass is 273 g/mol. The predicted octanol–water partition coefficient (Wildman–Crippen LogP) is 1.37. The van der Waals surface area contributed by atoms with Crippen LogP contribution in [0.1, 0.15) is 24.2 Å². The van der Waals surface area contributed by atoms with E-state index in [1.807, 2.05) is 18.7 Å². The molecule has 0 aromatic carbocycles. The maximum absolute atomic E-state index is 11.7. The van der Waals surface area contributed by atoms with Gasteiger partial charge >= 0.3 is 5.97 Å². The molecular weight excluding hydrogens is 254 g/mol. The van der Waals surface area contributed by atoms with Gasteiger partial charge in [-0.25, -0.2) is 4.79 Å². The van der Waals surface area contributed by atoms with Gasteiger partial charge in [-0.05, 0) is 25.4 Å². The summed E-state index contributed by atoms with van der Waals surface area (Å²) in [6.07, 6.45) is 0. The van der Waals surface area contributed by atoms with Gasteiger partial charge in [0, 0.05) is 19.7 Å². The molecule has 2 N–H and O–H groups in total. The molecule has 102 valence electrons. The van der Waals surface area contributed by atoms with E-state index in [0.29, 0.717) is 25.3 Å². The quantitative estimate of drug-likeness (QED) is 0.597. The number of carbonyl (C=O) groups excluding carboxylic acids is 1. The molecule has 0 aliphatic rings. The summed E-state index contributed by atoms with van der Waals surface area (Å²) in [4.78, 5) is 13.7. The zero-order valence-electron chi connectivity index (χ0n) is 10.9. The summed E-state index contributed by atoms with van der Waals surface area (Å²) in [6.45, 7) is 6.66. The molecule has 0 aliphatic carbocycles. The first-order valence-corrected chi connectivity index (χ1v) is 6.59. The number of anilines is 2. The van der Waals surface area contributed by atoms with Crippen molar-refractivity contribution < 1.29 is 14.3 Å². The summed E-state index contributed by atoms with van der Waals surface area (Å²) in [5.74, 6) is -0.234. The number of methoxy groups -OCH3 is 1. The molecule has 0 unspecified atom stereocenters. The Hall–Kier alpha value is -1.34. The van der Waals surface area contributed by atoms with Crippen molar-refractivity contribution in [3.05, 3.63) is 5.56 Å². The fourth-order valence-electron chi connectivity index (χ4n) is 1.53. The van der Waals surface area contributed by atoms with Gasteiger partial charge in [-0.1, -0.05) is 0 Å². The maximum Gasteiger partial charge on any atom is 0.344 e. The zero-order chi connectivity index (χ0) is 13.5. The summed E-state index contributed by atoms with van der Waals surface area (Å²) in [7, 11) is 1.33. The molecule has 1 heterocycles. The van der Waals surface area contributed by atoms with Crippen LogP contribution < -0.4 is 10.6 Å². The lowest BCUT2D eigenvalue weighted by atomic mass is 10.3. The molecule has 1 rings (SSSR count). The number of ether oxygens (including phenoxy) is 2. The normalized spacial score (nSPS) is 10.4. The molecule has 7 heteroatoms. The van der Waals surface area contributed by atoms with Crippen molar-refractivity contribution in [2.75, 3.05) is 44.0 Å². The van der Waals surface area contributed by atoms with E-state index in [1.54, 1.807) is 0 Å². The van der Waals surface area contributed by atoms with Crippen LogP contribution in [0.3, 0.4) is 0 Å². The van der Waals surface area contributed by atoms with E-state index in [9.17, 15) is 4.79 Å². The summed E-state index contributed by atoms with van der Waals surface area (Å²) < 4.78 is 14.1. The van der Waals surface area contributed by atoms with E-state index in [2.05, 4.69) is 4.37 Å². The summed E-state index contributed by atoms with van der Waals surface area (Å²) >= 11 is 1.21. The number of nitrogens with zero attached hydrogens (tertiary/aromatic N) is 2. The van der Waals surface area contributed by atoms with Gasteiger partial charge in [0.05, 0.1) is 13.7 Å². The van der Waals surface area contributed by atoms with E-state index in [0.717, 1.165) is 11.5 Å². The van der Waals surface area contributed by atoms with Crippen molar-refractivity contribution in [1.82, 2.24) is 4.37 Å². The third-order valence-electron chi connectivity index (χ3n) is 2.47. The summed E-state index contributed by atoms with van der Waals surface area (Å²) in [6, 6.07) is 0. The zero-order valence-corrected chi connectivity index (χ0v) is 11.7. The van der Waals surface area contributed by atoms with E-state index < -0.39 is 5.97 Å². The lowest BCUT2D eigenvalue weighted by molar-refractivity contribution is 0.0602. The number of aromatic nitrogens is 1. The van der Waals surface area contributed by atoms with Crippen LogP contribution in [-0.4, -0.2) is 43.8 Å². The standard InChI is InChI=1S/C11H19N3O3S/c1-4-14(6-7-17-5-2)10-8(11(15)16-3)9(12)13-18-10/h4-7H2,1-3H3,(H2,12,13). The minimum atomic E-state index is -0.453. The molecule has 0 saturated carbocycles. The van der Waals surface area contributed by atoms with Crippen LogP contribution >= 0.6 is 11.5 Å². The molecule has 0 fully saturated rings. The first-order chi connectivity index (χ1) is 8.65. The number of hydrogen-bond acceptors (Lipinski definition) is 7. The second kappa shape index (κ2) is 7.17. The number of likely N-dealkylation sites (N-methyl/N-ethyl adjacent to an activating group) is 1. The number of rotatable bonds is 7. The molecule has 0 aliphatic heterocycles. The van der Waals surface area contributed by atoms with Crippen LogP contribution in [0.4, 0.5) is 10.8 Å². The number of nitrogens with two attached hydrogens (primary N) is 1. The topological polar surface area (TPSA) is 77.7 Å². The smallest absolute Gasteiger partial charge is 0.344 e. The second-order valence-corrected chi connectivity index (χ2v) is 4.27. The van der Waals surface area contributed by atoms with Gasteiger partial charge in [-0.3, -0.25) is 0 Å². The average Bonchev–Trinajstić information content (AvgIpc) is 2.76. The van der Waals surface area contributed by atoms with Crippen LogP contribution in [0, 0.1) is 0 Å². The van der Waals surface area contributed by atoms with Crippen molar-refractivity contribution in [3.8, 4) is 0 Å². The van der Waals surface area contributed by atoms with Crippen LogP contribution in [-0.2, 0) is 9.47 Å². The molecule has 18 heavy (non-hydrogen) atoms. The van der Waals surface area contributed by atoms with Gasteiger partial charge in [0.15, 0.2) is 5.82 Å². The number of hydrogen-bond donors (Lipinski definition) is 1.